The van der Waals surface area contributed by atoms with Crippen molar-refractivity contribution in [3.8, 4) is 5.82 Å². The fourth-order valence-corrected chi connectivity index (χ4v) is 3.78. The number of imidazole rings is 1. The minimum absolute atomic E-state index is 0.220. The summed E-state index contributed by atoms with van der Waals surface area (Å²) in [5, 5.41) is 10.1. The lowest BCUT2D eigenvalue weighted by atomic mass is 10.1. The van der Waals surface area contributed by atoms with Crippen LogP contribution in [0.3, 0.4) is 0 Å². The quantitative estimate of drug-likeness (QED) is 0.764. The predicted molar refractivity (Wildman–Crippen MR) is 92.5 cm³/mol. The van der Waals surface area contributed by atoms with Crippen molar-refractivity contribution < 1.29 is 4.79 Å². The number of nitrogens with zero attached hydrogens (tertiary/aromatic N) is 4. The maximum Gasteiger partial charge on any atom is 0.276 e. The first-order chi connectivity index (χ1) is 11.7. The van der Waals surface area contributed by atoms with Gasteiger partial charge in [0.15, 0.2) is 11.5 Å². The van der Waals surface area contributed by atoms with Crippen molar-refractivity contribution >= 4 is 23.4 Å². The molecule has 122 valence electrons. The van der Waals surface area contributed by atoms with E-state index in [1.54, 1.807) is 18.5 Å². The Morgan fingerprint density at radius 1 is 1.38 bits per heavy atom. The van der Waals surface area contributed by atoms with Crippen LogP contribution in [0.5, 0.6) is 0 Å². The number of carbonyl (C=O) groups is 1. The maximum atomic E-state index is 12.7. The highest BCUT2D eigenvalue weighted by Gasteiger charge is 2.23. The SMILES string of the molecule is Cc1nccn1-c1ncccc1NC(=O)c1n[nH]c2c1CSCC2. The second-order valence-electron chi connectivity index (χ2n) is 5.51. The molecule has 1 amide bonds. The normalized spacial score (nSPS) is 13.5. The minimum atomic E-state index is -0.220. The number of fused-ring (bicyclic) bond motifs is 1. The van der Waals surface area contributed by atoms with Gasteiger partial charge in [-0.1, -0.05) is 0 Å². The molecule has 0 spiro atoms. The molecule has 3 aromatic rings. The zero-order chi connectivity index (χ0) is 16.5. The highest BCUT2D eigenvalue weighted by Crippen LogP contribution is 2.26. The molecule has 0 aliphatic carbocycles. The number of nitrogens with one attached hydrogen (secondary N) is 2. The van der Waals surface area contributed by atoms with Crippen molar-refractivity contribution in [2.45, 2.75) is 19.1 Å². The van der Waals surface area contributed by atoms with Gasteiger partial charge in [0.1, 0.15) is 5.82 Å². The van der Waals surface area contributed by atoms with Crippen molar-refractivity contribution in [2.75, 3.05) is 11.1 Å². The number of pyridine rings is 1. The lowest BCUT2D eigenvalue weighted by molar-refractivity contribution is 0.102. The van der Waals surface area contributed by atoms with Crippen LogP contribution in [-0.4, -0.2) is 36.4 Å². The third-order valence-corrected chi connectivity index (χ3v) is 4.99. The molecule has 1 aliphatic rings. The second kappa shape index (κ2) is 6.12. The highest BCUT2D eigenvalue weighted by molar-refractivity contribution is 7.98. The summed E-state index contributed by atoms with van der Waals surface area (Å²) < 4.78 is 1.84. The fraction of sp³-hybridized carbons (Fsp3) is 0.250. The van der Waals surface area contributed by atoms with E-state index in [-0.39, 0.29) is 5.91 Å². The van der Waals surface area contributed by atoms with Gasteiger partial charge in [0.25, 0.3) is 5.91 Å². The number of thioether (sulfide) groups is 1. The summed E-state index contributed by atoms with van der Waals surface area (Å²) in [5.41, 5.74) is 3.17. The van der Waals surface area contributed by atoms with E-state index < -0.39 is 0 Å². The standard InChI is InChI=1S/C16H16N6OS/c1-10-17-6-7-22(10)15-13(3-2-5-18-15)19-16(23)14-11-9-24-8-4-12(11)20-21-14/h2-3,5-7H,4,8-9H2,1H3,(H,19,23)(H,20,21). The Labute approximate surface area is 142 Å². The molecule has 0 saturated heterocycles. The summed E-state index contributed by atoms with van der Waals surface area (Å²) in [6.07, 6.45) is 6.14. The lowest BCUT2D eigenvalue weighted by Gasteiger charge is -2.13. The molecule has 1 aliphatic heterocycles. The Morgan fingerprint density at radius 3 is 3.12 bits per heavy atom. The molecule has 0 unspecified atom stereocenters. The number of rotatable bonds is 3. The number of aromatic nitrogens is 5. The van der Waals surface area contributed by atoms with E-state index in [0.717, 1.165) is 35.0 Å². The third kappa shape index (κ3) is 2.58. The molecule has 0 aromatic carbocycles. The van der Waals surface area contributed by atoms with E-state index in [4.69, 9.17) is 0 Å². The van der Waals surface area contributed by atoms with E-state index in [1.165, 1.54) is 0 Å². The number of H-pyrrole nitrogens is 1. The van der Waals surface area contributed by atoms with Gasteiger partial charge in [0.05, 0.1) is 5.69 Å². The molecule has 0 bridgehead atoms. The number of hydrogen-bond donors (Lipinski definition) is 2. The first-order valence-corrected chi connectivity index (χ1v) is 8.80. The van der Waals surface area contributed by atoms with Crippen LogP contribution >= 0.6 is 11.8 Å². The third-order valence-electron chi connectivity index (χ3n) is 4.00. The van der Waals surface area contributed by atoms with E-state index in [9.17, 15) is 4.79 Å². The van der Waals surface area contributed by atoms with Crippen LogP contribution in [0, 0.1) is 6.92 Å². The largest absolute Gasteiger partial charge is 0.317 e. The first-order valence-electron chi connectivity index (χ1n) is 7.64. The number of carbonyl (C=O) groups excluding carboxylic acids is 1. The Kier molecular flexibility index (Phi) is 3.81. The van der Waals surface area contributed by atoms with E-state index in [2.05, 4.69) is 25.5 Å². The van der Waals surface area contributed by atoms with Crippen LogP contribution in [0.15, 0.2) is 30.7 Å². The predicted octanol–water partition coefficient (Wildman–Crippen LogP) is 2.34. The summed E-state index contributed by atoms with van der Waals surface area (Å²) >= 11 is 1.82. The molecule has 2 N–H and O–H groups in total. The minimum Gasteiger partial charge on any atom is -0.317 e. The number of aryl methyl sites for hydroxylation is 2. The Balaban J connectivity index is 1.66. The summed E-state index contributed by atoms with van der Waals surface area (Å²) in [6, 6.07) is 3.62. The number of aromatic amines is 1. The van der Waals surface area contributed by atoms with Gasteiger partial charge in [-0.05, 0) is 31.2 Å². The zero-order valence-electron chi connectivity index (χ0n) is 13.1. The highest BCUT2D eigenvalue weighted by atomic mass is 32.2. The van der Waals surface area contributed by atoms with Crippen LogP contribution in [0.2, 0.25) is 0 Å². The van der Waals surface area contributed by atoms with Crippen molar-refractivity contribution in [1.29, 1.82) is 0 Å². The van der Waals surface area contributed by atoms with Gasteiger partial charge < -0.3 is 5.32 Å². The van der Waals surface area contributed by atoms with Gasteiger partial charge in [0, 0.05) is 35.6 Å². The van der Waals surface area contributed by atoms with Gasteiger partial charge in [-0.25, -0.2) is 9.97 Å². The number of anilines is 1. The monoisotopic (exact) mass is 340 g/mol. The van der Waals surface area contributed by atoms with Gasteiger partial charge in [-0.2, -0.15) is 16.9 Å². The second-order valence-corrected chi connectivity index (χ2v) is 6.61. The van der Waals surface area contributed by atoms with Crippen LogP contribution in [-0.2, 0) is 12.2 Å². The van der Waals surface area contributed by atoms with Crippen LogP contribution in [0.4, 0.5) is 5.69 Å². The molecule has 0 fully saturated rings. The van der Waals surface area contributed by atoms with Crippen molar-refractivity contribution in [1.82, 2.24) is 24.7 Å². The average molecular weight is 340 g/mol. The summed E-state index contributed by atoms with van der Waals surface area (Å²) in [7, 11) is 0. The van der Waals surface area contributed by atoms with E-state index >= 15 is 0 Å². The molecule has 7 nitrogen and oxygen atoms in total. The first kappa shape index (κ1) is 14.9. The number of hydrogen-bond acceptors (Lipinski definition) is 5. The molecular weight excluding hydrogens is 324 g/mol. The molecule has 3 aromatic heterocycles. The average Bonchev–Trinajstić information content (AvgIpc) is 3.21. The molecule has 24 heavy (non-hydrogen) atoms. The molecule has 4 rings (SSSR count). The van der Waals surface area contributed by atoms with Crippen LogP contribution in [0.25, 0.3) is 5.82 Å². The van der Waals surface area contributed by atoms with Crippen molar-refractivity contribution in [2.24, 2.45) is 0 Å². The maximum absolute atomic E-state index is 12.7. The van der Waals surface area contributed by atoms with Gasteiger partial charge in [-0.3, -0.25) is 14.5 Å². The summed E-state index contributed by atoms with van der Waals surface area (Å²) in [5.74, 6) is 3.09. The molecule has 0 atom stereocenters. The van der Waals surface area contributed by atoms with E-state index in [0.29, 0.717) is 17.2 Å². The van der Waals surface area contributed by atoms with Gasteiger partial charge >= 0.3 is 0 Å². The molecule has 4 heterocycles. The van der Waals surface area contributed by atoms with Gasteiger partial charge in [-0.15, -0.1) is 0 Å². The van der Waals surface area contributed by atoms with Gasteiger partial charge in [0.2, 0.25) is 0 Å². The summed E-state index contributed by atoms with van der Waals surface area (Å²) in [4.78, 5) is 21.3. The molecular formula is C16H16N6OS. The molecule has 8 heteroatoms. The smallest absolute Gasteiger partial charge is 0.276 e. The molecule has 0 saturated carbocycles. The Bertz CT molecular complexity index is 900. The fourth-order valence-electron chi connectivity index (χ4n) is 2.77. The zero-order valence-corrected chi connectivity index (χ0v) is 13.9. The van der Waals surface area contributed by atoms with Crippen molar-refractivity contribution in [3.05, 3.63) is 53.5 Å². The molecule has 0 radical (unpaired) electrons. The Hall–Kier alpha value is -2.61. The Morgan fingerprint density at radius 2 is 2.29 bits per heavy atom. The van der Waals surface area contributed by atoms with Crippen LogP contribution in [0.1, 0.15) is 27.6 Å². The summed E-state index contributed by atoms with van der Waals surface area (Å²) in [6.45, 7) is 1.89. The van der Waals surface area contributed by atoms with Crippen LogP contribution < -0.4 is 5.32 Å². The van der Waals surface area contributed by atoms with E-state index in [1.807, 2.05) is 35.5 Å². The topological polar surface area (TPSA) is 88.5 Å². The lowest BCUT2D eigenvalue weighted by Crippen LogP contribution is -2.17. The van der Waals surface area contributed by atoms with Crippen molar-refractivity contribution in [3.63, 3.8) is 0 Å². The number of amides is 1.